The number of hydrogen-bond acceptors (Lipinski definition) is 10. The number of aromatic hydroxyl groups is 1. The third kappa shape index (κ3) is 6.39. The fourth-order valence-electron chi connectivity index (χ4n) is 3.43. The SMILES string of the molecule is CCc1nc(Nc2nc(Cl)cc(NCCc3ccc(O)cc3)n2)nc(N2CCN(C)CC2)n1. The first-order valence-electron chi connectivity index (χ1n) is 11.0. The van der Waals surface area contributed by atoms with Crippen molar-refractivity contribution in [3.8, 4) is 5.75 Å². The molecule has 1 aliphatic heterocycles. The fourth-order valence-corrected chi connectivity index (χ4v) is 3.61. The number of aromatic nitrogens is 5. The maximum atomic E-state index is 9.40. The summed E-state index contributed by atoms with van der Waals surface area (Å²) >= 11 is 6.23. The second kappa shape index (κ2) is 10.6. The van der Waals surface area contributed by atoms with Gasteiger partial charge in [-0.3, -0.25) is 5.32 Å². The topological polar surface area (TPSA) is 115 Å². The Kier molecular flexibility index (Phi) is 7.36. The van der Waals surface area contributed by atoms with Gasteiger partial charge in [0, 0.05) is 45.2 Å². The number of phenols is 1. The highest BCUT2D eigenvalue weighted by Crippen LogP contribution is 2.19. The summed E-state index contributed by atoms with van der Waals surface area (Å²) in [5, 5.41) is 16.1. The van der Waals surface area contributed by atoms with Crippen LogP contribution in [0, 0.1) is 0 Å². The van der Waals surface area contributed by atoms with Crippen molar-refractivity contribution in [1.82, 2.24) is 29.8 Å². The number of piperazine rings is 1. The molecule has 3 N–H and O–H groups in total. The molecule has 0 aliphatic carbocycles. The predicted octanol–water partition coefficient (Wildman–Crippen LogP) is 2.73. The van der Waals surface area contributed by atoms with Crippen LogP contribution in [0.1, 0.15) is 18.3 Å². The number of hydrogen-bond donors (Lipinski definition) is 3. The molecule has 0 bridgehead atoms. The van der Waals surface area contributed by atoms with Gasteiger partial charge in [0.15, 0.2) is 0 Å². The van der Waals surface area contributed by atoms with Gasteiger partial charge in [-0.25, -0.2) is 4.98 Å². The monoisotopic (exact) mass is 469 g/mol. The molecule has 1 aromatic carbocycles. The van der Waals surface area contributed by atoms with Crippen LogP contribution in [0.15, 0.2) is 30.3 Å². The van der Waals surface area contributed by atoms with Crippen LogP contribution in [0.5, 0.6) is 5.75 Å². The van der Waals surface area contributed by atoms with Crippen LogP contribution in [0.4, 0.5) is 23.7 Å². The summed E-state index contributed by atoms with van der Waals surface area (Å²) in [5.41, 5.74) is 1.10. The number of nitrogens with zero attached hydrogens (tertiary/aromatic N) is 7. The molecule has 3 aromatic rings. The lowest BCUT2D eigenvalue weighted by Crippen LogP contribution is -2.45. The van der Waals surface area contributed by atoms with Crippen molar-refractivity contribution in [1.29, 1.82) is 0 Å². The standard InChI is InChI=1S/C22H28ClN9O/c1-3-18-26-21(30-22(28-18)32-12-10-31(2)11-13-32)29-20-25-17(23)14-19(27-20)24-9-8-15-4-6-16(33)7-5-15/h4-7,14,33H,3,8-13H2,1-2H3,(H2,24,25,26,27,28,29,30). The van der Waals surface area contributed by atoms with E-state index in [1.54, 1.807) is 18.2 Å². The highest BCUT2D eigenvalue weighted by molar-refractivity contribution is 6.29. The zero-order valence-electron chi connectivity index (χ0n) is 18.8. The number of aryl methyl sites for hydroxylation is 1. The Morgan fingerprint density at radius 3 is 2.42 bits per heavy atom. The molecule has 4 rings (SSSR count). The molecule has 2 aromatic heterocycles. The van der Waals surface area contributed by atoms with E-state index in [1.807, 2.05) is 19.1 Å². The van der Waals surface area contributed by atoms with E-state index in [0.29, 0.717) is 47.6 Å². The molecule has 33 heavy (non-hydrogen) atoms. The smallest absolute Gasteiger partial charge is 0.234 e. The third-order valence-electron chi connectivity index (χ3n) is 5.35. The average Bonchev–Trinajstić information content (AvgIpc) is 2.80. The Morgan fingerprint density at radius 2 is 1.70 bits per heavy atom. The first-order chi connectivity index (χ1) is 16.0. The van der Waals surface area contributed by atoms with Gasteiger partial charge in [-0.1, -0.05) is 30.7 Å². The van der Waals surface area contributed by atoms with Crippen LogP contribution < -0.4 is 15.5 Å². The largest absolute Gasteiger partial charge is 0.508 e. The maximum absolute atomic E-state index is 9.40. The fraction of sp³-hybridized carbons (Fsp3) is 0.409. The van der Waals surface area contributed by atoms with Crippen LogP contribution in [0.25, 0.3) is 0 Å². The average molecular weight is 470 g/mol. The van der Waals surface area contributed by atoms with Crippen LogP contribution in [0.3, 0.4) is 0 Å². The lowest BCUT2D eigenvalue weighted by molar-refractivity contribution is 0.311. The van der Waals surface area contributed by atoms with Crippen molar-refractivity contribution in [2.24, 2.45) is 0 Å². The van der Waals surface area contributed by atoms with E-state index in [9.17, 15) is 5.11 Å². The molecule has 0 radical (unpaired) electrons. The third-order valence-corrected chi connectivity index (χ3v) is 5.54. The number of benzene rings is 1. The Morgan fingerprint density at radius 1 is 0.970 bits per heavy atom. The minimum Gasteiger partial charge on any atom is -0.508 e. The number of phenolic OH excluding ortho intramolecular Hbond substituents is 1. The summed E-state index contributed by atoms with van der Waals surface area (Å²) in [4.78, 5) is 26.9. The molecule has 11 heteroatoms. The molecule has 10 nitrogen and oxygen atoms in total. The van der Waals surface area contributed by atoms with Crippen LogP contribution in [-0.4, -0.2) is 74.7 Å². The molecule has 1 fully saturated rings. The molecule has 174 valence electrons. The first-order valence-corrected chi connectivity index (χ1v) is 11.4. The summed E-state index contributed by atoms with van der Waals surface area (Å²) in [5.74, 6) is 2.92. The maximum Gasteiger partial charge on any atom is 0.234 e. The lowest BCUT2D eigenvalue weighted by atomic mass is 10.1. The van der Waals surface area contributed by atoms with Crippen molar-refractivity contribution in [3.05, 3.63) is 46.9 Å². The van der Waals surface area contributed by atoms with E-state index >= 15 is 0 Å². The van der Waals surface area contributed by atoms with Crippen LogP contribution >= 0.6 is 11.6 Å². The van der Waals surface area contributed by atoms with Gasteiger partial charge in [-0.15, -0.1) is 0 Å². The van der Waals surface area contributed by atoms with Crippen molar-refractivity contribution in [3.63, 3.8) is 0 Å². The van der Waals surface area contributed by atoms with E-state index in [-0.39, 0.29) is 5.75 Å². The molecular weight excluding hydrogens is 442 g/mol. The van der Waals surface area contributed by atoms with Gasteiger partial charge in [0.05, 0.1) is 0 Å². The molecule has 0 spiro atoms. The van der Waals surface area contributed by atoms with Gasteiger partial charge in [0.25, 0.3) is 0 Å². The lowest BCUT2D eigenvalue weighted by Gasteiger charge is -2.32. The molecular formula is C22H28ClN9O. The summed E-state index contributed by atoms with van der Waals surface area (Å²) in [6.45, 7) is 6.33. The molecule has 1 saturated heterocycles. The van der Waals surface area contributed by atoms with Crippen LogP contribution in [-0.2, 0) is 12.8 Å². The Bertz CT molecular complexity index is 1070. The highest BCUT2D eigenvalue weighted by Gasteiger charge is 2.18. The van der Waals surface area contributed by atoms with E-state index in [1.165, 1.54) is 0 Å². The first kappa shape index (κ1) is 22.9. The number of halogens is 1. The second-order valence-electron chi connectivity index (χ2n) is 7.89. The van der Waals surface area contributed by atoms with Gasteiger partial charge >= 0.3 is 0 Å². The Labute approximate surface area is 198 Å². The number of anilines is 4. The van der Waals surface area contributed by atoms with Crippen molar-refractivity contribution >= 4 is 35.3 Å². The van der Waals surface area contributed by atoms with E-state index in [4.69, 9.17) is 11.6 Å². The highest BCUT2D eigenvalue weighted by atomic mass is 35.5. The summed E-state index contributed by atoms with van der Waals surface area (Å²) in [6, 6.07) is 8.80. The number of rotatable bonds is 8. The molecule has 0 unspecified atom stereocenters. The molecule has 0 atom stereocenters. The summed E-state index contributed by atoms with van der Waals surface area (Å²) in [7, 11) is 2.11. The number of nitrogens with one attached hydrogen (secondary N) is 2. The van der Waals surface area contributed by atoms with Gasteiger partial charge in [-0.05, 0) is 31.2 Å². The van der Waals surface area contributed by atoms with Crippen molar-refractivity contribution in [2.75, 3.05) is 55.3 Å². The Balaban J connectivity index is 1.45. The van der Waals surface area contributed by atoms with Gasteiger partial charge in [0.1, 0.15) is 22.5 Å². The molecule has 3 heterocycles. The van der Waals surface area contributed by atoms with E-state index in [2.05, 4.69) is 52.4 Å². The Hall–Kier alpha value is -3.24. The van der Waals surface area contributed by atoms with Crippen LogP contribution in [0.2, 0.25) is 5.15 Å². The molecule has 0 amide bonds. The van der Waals surface area contributed by atoms with Gasteiger partial charge in [0.2, 0.25) is 17.8 Å². The van der Waals surface area contributed by atoms with E-state index in [0.717, 1.165) is 38.2 Å². The molecule has 1 aliphatic rings. The van der Waals surface area contributed by atoms with Crippen molar-refractivity contribution < 1.29 is 5.11 Å². The summed E-state index contributed by atoms with van der Waals surface area (Å²) < 4.78 is 0. The van der Waals surface area contributed by atoms with E-state index < -0.39 is 0 Å². The molecule has 0 saturated carbocycles. The minimum absolute atomic E-state index is 0.255. The second-order valence-corrected chi connectivity index (χ2v) is 8.27. The normalized spacial score (nSPS) is 14.3. The quantitative estimate of drug-likeness (QED) is 0.425. The van der Waals surface area contributed by atoms with Gasteiger partial charge < -0.3 is 20.2 Å². The zero-order valence-corrected chi connectivity index (χ0v) is 19.5. The predicted molar refractivity (Wildman–Crippen MR) is 130 cm³/mol. The minimum atomic E-state index is 0.255. The zero-order chi connectivity index (χ0) is 23.2. The van der Waals surface area contributed by atoms with Gasteiger partial charge in [-0.2, -0.15) is 19.9 Å². The number of likely N-dealkylation sites (N-methyl/N-ethyl adjacent to an activating group) is 1. The summed E-state index contributed by atoms with van der Waals surface area (Å²) in [6.07, 6.45) is 1.46. The van der Waals surface area contributed by atoms with Crippen molar-refractivity contribution in [2.45, 2.75) is 19.8 Å².